The van der Waals surface area contributed by atoms with Crippen molar-refractivity contribution in [3.05, 3.63) is 35.9 Å². The van der Waals surface area contributed by atoms with Crippen molar-refractivity contribution in [2.45, 2.75) is 57.2 Å². The van der Waals surface area contributed by atoms with Gasteiger partial charge in [-0.05, 0) is 38.3 Å². The molecule has 2 N–H and O–H groups in total. The van der Waals surface area contributed by atoms with Crippen molar-refractivity contribution in [1.29, 1.82) is 0 Å². The van der Waals surface area contributed by atoms with Crippen LogP contribution < -0.4 is 10.6 Å². The molecule has 0 saturated carbocycles. The van der Waals surface area contributed by atoms with Crippen LogP contribution in [-0.4, -0.2) is 70.4 Å². The first-order valence-electron chi connectivity index (χ1n) is 10.6. The van der Waals surface area contributed by atoms with Crippen LogP contribution in [0.2, 0.25) is 0 Å². The van der Waals surface area contributed by atoms with E-state index < -0.39 is 35.8 Å². The summed E-state index contributed by atoms with van der Waals surface area (Å²) in [5.74, 6) is -2.22. The van der Waals surface area contributed by atoms with Crippen LogP contribution in [0.1, 0.15) is 49.4 Å². The number of ketones is 1. The highest BCUT2D eigenvalue weighted by atomic mass is 16.2. The maximum absolute atomic E-state index is 13.4. The summed E-state index contributed by atoms with van der Waals surface area (Å²) in [6, 6.07) is 5.36. The minimum absolute atomic E-state index is 0.0393. The Kier molecular flexibility index (Phi) is 7.34. The van der Waals surface area contributed by atoms with E-state index >= 15 is 0 Å². The van der Waals surface area contributed by atoms with Crippen molar-refractivity contribution in [3.8, 4) is 0 Å². The van der Waals surface area contributed by atoms with Crippen molar-refractivity contribution in [3.63, 3.8) is 0 Å². The Bertz CT molecular complexity index is 918. The zero-order chi connectivity index (χ0) is 23.3. The highest BCUT2D eigenvalue weighted by molar-refractivity contribution is 6.00. The number of rotatable bonds is 7. The average molecular weight is 442 g/mol. The Hall–Kier alpha value is -3.56. The van der Waals surface area contributed by atoms with Crippen molar-refractivity contribution in [2.75, 3.05) is 6.54 Å². The maximum atomic E-state index is 13.4. The number of hydrogen-bond donors (Lipinski definition) is 2. The van der Waals surface area contributed by atoms with Gasteiger partial charge in [0.1, 0.15) is 24.2 Å². The SMILES string of the molecule is CC(=O)C[C@@H](C=O)NC(=O)[C@@H]1CCCN2C(=O)CC[C@@H](NC(=O)c3ccccc3)C(=O)N12. The third kappa shape index (κ3) is 5.19. The summed E-state index contributed by atoms with van der Waals surface area (Å²) in [5.41, 5.74) is 0.374. The van der Waals surface area contributed by atoms with E-state index in [1.54, 1.807) is 30.3 Å². The van der Waals surface area contributed by atoms with Crippen molar-refractivity contribution in [1.82, 2.24) is 20.7 Å². The number of hydrogen-bond acceptors (Lipinski definition) is 6. The molecule has 170 valence electrons. The van der Waals surface area contributed by atoms with E-state index in [-0.39, 0.29) is 43.9 Å². The van der Waals surface area contributed by atoms with E-state index in [9.17, 15) is 28.8 Å². The fraction of sp³-hybridized carbons (Fsp3) is 0.455. The van der Waals surface area contributed by atoms with E-state index in [0.717, 1.165) is 5.01 Å². The summed E-state index contributed by atoms with van der Waals surface area (Å²) >= 11 is 0. The molecular weight excluding hydrogens is 416 g/mol. The standard InChI is InChI=1S/C22H26N4O6/c1-14(28)12-16(13-27)23-21(31)18-8-5-11-25-19(29)10-9-17(22(32)26(18)25)24-20(30)15-6-3-2-4-7-15/h2-4,6-7,13,16-18H,5,8-12H2,1H3,(H,23,31)(H,24,30)/t16-,17+,18-/m0/s1. The van der Waals surface area contributed by atoms with Crippen molar-refractivity contribution in [2.24, 2.45) is 0 Å². The van der Waals surface area contributed by atoms with Crippen LogP contribution in [-0.2, 0) is 24.0 Å². The molecular formula is C22H26N4O6. The molecule has 2 fully saturated rings. The first kappa shape index (κ1) is 23.1. The number of hydrazine groups is 1. The Balaban J connectivity index is 1.81. The summed E-state index contributed by atoms with van der Waals surface area (Å²) in [7, 11) is 0. The molecule has 0 aromatic heterocycles. The minimum atomic E-state index is -1.02. The van der Waals surface area contributed by atoms with Gasteiger partial charge in [-0.25, -0.2) is 5.01 Å². The lowest BCUT2D eigenvalue weighted by molar-refractivity contribution is -0.176. The van der Waals surface area contributed by atoms with Gasteiger partial charge in [-0.3, -0.25) is 29.0 Å². The third-order valence-electron chi connectivity index (χ3n) is 5.50. The molecule has 2 saturated heterocycles. The molecule has 32 heavy (non-hydrogen) atoms. The van der Waals surface area contributed by atoms with Gasteiger partial charge in [-0.1, -0.05) is 18.2 Å². The summed E-state index contributed by atoms with van der Waals surface area (Å²) in [6.07, 6.45) is 1.24. The average Bonchev–Trinajstić information content (AvgIpc) is 2.90. The number of aldehydes is 1. The van der Waals surface area contributed by atoms with Gasteiger partial charge in [-0.2, -0.15) is 0 Å². The minimum Gasteiger partial charge on any atom is -0.344 e. The normalized spacial score (nSPS) is 21.8. The van der Waals surface area contributed by atoms with Crippen LogP contribution >= 0.6 is 0 Å². The quantitative estimate of drug-likeness (QED) is 0.570. The highest BCUT2D eigenvalue weighted by Crippen LogP contribution is 2.25. The Morgan fingerprint density at radius 1 is 1.16 bits per heavy atom. The predicted molar refractivity (Wildman–Crippen MR) is 112 cm³/mol. The van der Waals surface area contributed by atoms with Gasteiger partial charge in [0.25, 0.3) is 11.8 Å². The smallest absolute Gasteiger partial charge is 0.264 e. The maximum Gasteiger partial charge on any atom is 0.264 e. The number of fused-ring (bicyclic) bond motifs is 1. The van der Waals surface area contributed by atoms with Crippen LogP contribution in [0.4, 0.5) is 0 Å². The first-order valence-corrected chi connectivity index (χ1v) is 10.6. The van der Waals surface area contributed by atoms with Gasteiger partial charge < -0.3 is 15.4 Å². The number of Topliss-reactive ketones (excluding diaryl/α,β-unsaturated/α-hetero) is 1. The lowest BCUT2D eigenvalue weighted by Crippen LogP contribution is -2.64. The molecule has 0 unspecified atom stereocenters. The van der Waals surface area contributed by atoms with Gasteiger partial charge in [0, 0.05) is 24.9 Å². The lowest BCUT2D eigenvalue weighted by Gasteiger charge is -2.43. The fourth-order valence-electron chi connectivity index (χ4n) is 3.96. The Labute approximate surface area is 185 Å². The molecule has 2 aliphatic rings. The summed E-state index contributed by atoms with van der Waals surface area (Å²) in [6.45, 7) is 1.58. The zero-order valence-corrected chi connectivity index (χ0v) is 17.8. The lowest BCUT2D eigenvalue weighted by atomic mass is 10.0. The Morgan fingerprint density at radius 3 is 2.53 bits per heavy atom. The molecule has 3 atom stereocenters. The monoisotopic (exact) mass is 442 g/mol. The molecule has 10 heteroatoms. The summed E-state index contributed by atoms with van der Waals surface area (Å²) in [4.78, 5) is 74.1. The molecule has 0 spiro atoms. The van der Waals surface area contributed by atoms with Crippen LogP contribution in [0.3, 0.4) is 0 Å². The number of amides is 4. The Morgan fingerprint density at radius 2 is 1.88 bits per heavy atom. The molecule has 1 aromatic carbocycles. The number of carbonyl (C=O) groups excluding carboxylic acids is 6. The van der Waals surface area contributed by atoms with E-state index in [4.69, 9.17) is 0 Å². The van der Waals surface area contributed by atoms with Gasteiger partial charge in [0.05, 0.1) is 6.04 Å². The predicted octanol–water partition coefficient (Wildman–Crippen LogP) is -0.0238. The van der Waals surface area contributed by atoms with Gasteiger partial charge >= 0.3 is 0 Å². The molecule has 0 radical (unpaired) electrons. The fourth-order valence-corrected chi connectivity index (χ4v) is 3.96. The summed E-state index contributed by atoms with van der Waals surface area (Å²) < 4.78 is 0. The third-order valence-corrected chi connectivity index (χ3v) is 5.50. The highest BCUT2D eigenvalue weighted by Gasteiger charge is 2.44. The largest absolute Gasteiger partial charge is 0.344 e. The molecule has 3 rings (SSSR count). The van der Waals surface area contributed by atoms with E-state index in [1.807, 2.05) is 0 Å². The van der Waals surface area contributed by atoms with Crippen LogP contribution in [0, 0.1) is 0 Å². The molecule has 2 aliphatic heterocycles. The van der Waals surface area contributed by atoms with Crippen LogP contribution in [0.25, 0.3) is 0 Å². The molecule has 10 nitrogen and oxygen atoms in total. The van der Waals surface area contributed by atoms with Gasteiger partial charge in [0.15, 0.2) is 0 Å². The van der Waals surface area contributed by atoms with Gasteiger partial charge in [-0.15, -0.1) is 0 Å². The topological polar surface area (TPSA) is 133 Å². The molecule has 0 aliphatic carbocycles. The second-order valence-corrected chi connectivity index (χ2v) is 7.95. The number of benzene rings is 1. The van der Waals surface area contributed by atoms with E-state index in [1.165, 1.54) is 11.9 Å². The number of nitrogens with one attached hydrogen (secondary N) is 2. The second kappa shape index (κ2) is 10.2. The van der Waals surface area contributed by atoms with Crippen molar-refractivity contribution >= 4 is 35.7 Å². The van der Waals surface area contributed by atoms with E-state index in [0.29, 0.717) is 18.3 Å². The van der Waals surface area contributed by atoms with Gasteiger partial charge in [0.2, 0.25) is 11.8 Å². The van der Waals surface area contributed by atoms with Crippen LogP contribution in [0.5, 0.6) is 0 Å². The number of nitrogens with zero attached hydrogens (tertiary/aromatic N) is 2. The number of carbonyl (C=O) groups is 6. The van der Waals surface area contributed by atoms with Crippen LogP contribution in [0.15, 0.2) is 30.3 Å². The van der Waals surface area contributed by atoms with E-state index in [2.05, 4.69) is 10.6 Å². The summed E-state index contributed by atoms with van der Waals surface area (Å²) in [5, 5.41) is 7.53. The molecule has 1 aromatic rings. The molecule has 2 heterocycles. The molecule has 0 bridgehead atoms. The zero-order valence-electron chi connectivity index (χ0n) is 17.8. The second-order valence-electron chi connectivity index (χ2n) is 7.95. The molecule has 4 amide bonds. The first-order chi connectivity index (χ1) is 15.3. The van der Waals surface area contributed by atoms with Crippen molar-refractivity contribution < 1.29 is 28.8 Å².